The molecule has 1 aliphatic heterocycles. The minimum Gasteiger partial charge on any atom is -0.391 e. The Hall–Kier alpha value is -1.51. The normalized spacial score (nSPS) is 16.9. The lowest BCUT2D eigenvalue weighted by Gasteiger charge is -1.98. The van der Waals surface area contributed by atoms with Crippen LogP contribution in [-0.4, -0.2) is 4.89 Å². The number of benzene rings is 2. The minimum atomic E-state index is -3.91. The van der Waals surface area contributed by atoms with Gasteiger partial charge in [-0.05, 0) is 22.9 Å². The Bertz CT molecular complexity index is 544. The van der Waals surface area contributed by atoms with Crippen molar-refractivity contribution in [2.75, 3.05) is 0 Å². The molecular weight excluding hydrogens is 215 g/mol. The summed E-state index contributed by atoms with van der Waals surface area (Å²) in [5, 5.41) is 1.89. The highest BCUT2D eigenvalue weighted by molar-refractivity contribution is 7.48. The van der Waals surface area contributed by atoms with Crippen LogP contribution in [0.5, 0.6) is 11.5 Å². The topological polar surface area (TPSA) is 55.8 Å². The molecule has 1 aliphatic rings. The van der Waals surface area contributed by atoms with Crippen molar-refractivity contribution < 1.29 is 18.5 Å². The van der Waals surface area contributed by atoms with E-state index in [0.717, 1.165) is 10.8 Å². The van der Waals surface area contributed by atoms with Crippen LogP contribution in [0.2, 0.25) is 0 Å². The van der Waals surface area contributed by atoms with E-state index in [1.54, 1.807) is 12.1 Å². The molecule has 76 valence electrons. The average molecular weight is 222 g/mol. The molecule has 0 atom stereocenters. The largest absolute Gasteiger partial charge is 0.585 e. The molecule has 0 spiro atoms. The van der Waals surface area contributed by atoms with Gasteiger partial charge in [-0.2, -0.15) is 0 Å². The smallest absolute Gasteiger partial charge is 0.391 e. The van der Waals surface area contributed by atoms with Crippen LogP contribution in [-0.2, 0) is 4.57 Å². The van der Waals surface area contributed by atoms with E-state index in [2.05, 4.69) is 0 Å². The lowest BCUT2D eigenvalue weighted by Crippen LogP contribution is -1.87. The van der Waals surface area contributed by atoms with Gasteiger partial charge in [0.2, 0.25) is 0 Å². The summed E-state index contributed by atoms with van der Waals surface area (Å²) in [7, 11) is -3.91. The molecule has 5 heteroatoms. The van der Waals surface area contributed by atoms with Crippen LogP contribution in [0.4, 0.5) is 0 Å². The number of phosphoric acid groups is 1. The highest BCUT2D eigenvalue weighted by Crippen LogP contribution is 2.56. The maximum Gasteiger partial charge on any atom is 0.585 e. The second-order valence-corrected chi connectivity index (χ2v) is 4.60. The zero-order valence-electron chi connectivity index (χ0n) is 7.58. The van der Waals surface area contributed by atoms with E-state index in [1.165, 1.54) is 0 Å². The van der Waals surface area contributed by atoms with Crippen LogP contribution in [0.25, 0.3) is 10.8 Å². The predicted octanol–water partition coefficient (Wildman–Crippen LogP) is 2.71. The lowest BCUT2D eigenvalue weighted by atomic mass is 10.1. The van der Waals surface area contributed by atoms with Gasteiger partial charge in [-0.15, -0.1) is 0 Å². The molecule has 0 unspecified atom stereocenters. The Kier molecular flexibility index (Phi) is 1.61. The summed E-state index contributed by atoms with van der Waals surface area (Å²) >= 11 is 0. The van der Waals surface area contributed by atoms with Gasteiger partial charge in [0.15, 0.2) is 11.5 Å². The molecule has 0 bridgehead atoms. The van der Waals surface area contributed by atoms with E-state index in [0.29, 0.717) is 11.5 Å². The molecule has 3 rings (SSSR count). The second-order valence-electron chi connectivity index (χ2n) is 3.30. The molecule has 1 N–H and O–H groups in total. The summed E-state index contributed by atoms with van der Waals surface area (Å²) in [5.74, 6) is 0.638. The highest BCUT2D eigenvalue weighted by atomic mass is 31.2. The van der Waals surface area contributed by atoms with Gasteiger partial charge >= 0.3 is 7.82 Å². The molecule has 0 aromatic heterocycles. The number of rotatable bonds is 0. The van der Waals surface area contributed by atoms with E-state index < -0.39 is 7.82 Å². The lowest BCUT2D eigenvalue weighted by molar-refractivity contribution is 0.324. The number of fused-ring (bicyclic) bond motifs is 2. The van der Waals surface area contributed by atoms with Crippen molar-refractivity contribution in [3.8, 4) is 11.5 Å². The van der Waals surface area contributed by atoms with Crippen LogP contribution in [0.1, 0.15) is 0 Å². The maximum atomic E-state index is 11.2. The molecule has 0 saturated heterocycles. The van der Waals surface area contributed by atoms with E-state index >= 15 is 0 Å². The molecule has 0 amide bonds. The summed E-state index contributed by atoms with van der Waals surface area (Å²) in [6.45, 7) is 0. The van der Waals surface area contributed by atoms with Crippen molar-refractivity contribution in [3.63, 3.8) is 0 Å². The number of phosphoric ester groups is 1. The Morgan fingerprint density at radius 3 is 1.93 bits per heavy atom. The molecule has 1 heterocycles. The van der Waals surface area contributed by atoms with Crippen molar-refractivity contribution >= 4 is 18.6 Å². The Balaban J connectivity index is 2.27. The fourth-order valence-electron chi connectivity index (χ4n) is 1.61. The Morgan fingerprint density at radius 2 is 1.47 bits per heavy atom. The predicted molar refractivity (Wildman–Crippen MR) is 55.0 cm³/mol. The van der Waals surface area contributed by atoms with E-state index in [1.807, 2.05) is 24.3 Å². The number of hydrogen-bond donors (Lipinski definition) is 1. The van der Waals surface area contributed by atoms with E-state index in [9.17, 15) is 4.57 Å². The first-order valence-corrected chi connectivity index (χ1v) is 5.88. The van der Waals surface area contributed by atoms with Gasteiger partial charge in [0.05, 0.1) is 0 Å². The highest BCUT2D eigenvalue weighted by Gasteiger charge is 2.34. The zero-order chi connectivity index (χ0) is 10.5. The molecule has 0 aliphatic carbocycles. The first kappa shape index (κ1) is 8.77. The molecule has 15 heavy (non-hydrogen) atoms. The van der Waals surface area contributed by atoms with Gasteiger partial charge in [0.1, 0.15) is 0 Å². The van der Waals surface area contributed by atoms with Crippen molar-refractivity contribution in [2.45, 2.75) is 0 Å². The van der Waals surface area contributed by atoms with Gasteiger partial charge in [-0.1, -0.05) is 24.3 Å². The fraction of sp³-hybridized carbons (Fsp3) is 0. The van der Waals surface area contributed by atoms with Crippen LogP contribution < -0.4 is 9.05 Å². The van der Waals surface area contributed by atoms with Gasteiger partial charge < -0.3 is 9.05 Å². The first-order valence-electron chi connectivity index (χ1n) is 4.39. The van der Waals surface area contributed by atoms with Crippen molar-refractivity contribution in [3.05, 3.63) is 36.4 Å². The second kappa shape index (κ2) is 2.75. The Morgan fingerprint density at radius 1 is 1.00 bits per heavy atom. The van der Waals surface area contributed by atoms with Crippen LogP contribution in [0.15, 0.2) is 36.4 Å². The van der Waals surface area contributed by atoms with Gasteiger partial charge in [0, 0.05) is 0 Å². The number of hydrogen-bond acceptors (Lipinski definition) is 3. The van der Waals surface area contributed by atoms with Crippen molar-refractivity contribution in [1.29, 1.82) is 0 Å². The van der Waals surface area contributed by atoms with Crippen LogP contribution in [0.3, 0.4) is 0 Å². The average Bonchev–Trinajstić information content (AvgIpc) is 2.46. The molecule has 2 aromatic rings. The molecule has 2 aromatic carbocycles. The SMILES string of the molecule is O=P1(O)Oc2cc3ccccc3cc2O1. The summed E-state index contributed by atoms with van der Waals surface area (Å²) in [6.07, 6.45) is 0. The minimum absolute atomic E-state index is 0.319. The van der Waals surface area contributed by atoms with Crippen LogP contribution >= 0.6 is 7.82 Å². The molecule has 0 radical (unpaired) electrons. The third-order valence-electron chi connectivity index (χ3n) is 2.24. The monoisotopic (exact) mass is 222 g/mol. The summed E-state index contributed by atoms with van der Waals surface area (Å²) in [5.41, 5.74) is 0. The molecule has 0 fully saturated rings. The molecular formula is C10H7O4P. The zero-order valence-corrected chi connectivity index (χ0v) is 8.48. The summed E-state index contributed by atoms with van der Waals surface area (Å²) < 4.78 is 20.7. The Labute approximate surface area is 85.7 Å². The van der Waals surface area contributed by atoms with Gasteiger partial charge in [-0.3, -0.25) is 4.89 Å². The van der Waals surface area contributed by atoms with E-state index in [-0.39, 0.29) is 0 Å². The fourth-order valence-corrected chi connectivity index (χ4v) is 2.43. The van der Waals surface area contributed by atoms with Gasteiger partial charge in [0.25, 0.3) is 0 Å². The quantitative estimate of drug-likeness (QED) is 0.696. The molecule has 0 saturated carbocycles. The van der Waals surface area contributed by atoms with Crippen molar-refractivity contribution in [1.82, 2.24) is 0 Å². The first-order chi connectivity index (χ1) is 7.14. The molecule has 4 nitrogen and oxygen atoms in total. The summed E-state index contributed by atoms with van der Waals surface area (Å²) in [6, 6.07) is 11.0. The maximum absolute atomic E-state index is 11.2. The third kappa shape index (κ3) is 1.39. The van der Waals surface area contributed by atoms with Gasteiger partial charge in [-0.25, -0.2) is 4.57 Å². The van der Waals surface area contributed by atoms with Crippen LogP contribution in [0, 0.1) is 0 Å². The summed E-state index contributed by atoms with van der Waals surface area (Å²) in [4.78, 5) is 9.13. The van der Waals surface area contributed by atoms with E-state index in [4.69, 9.17) is 13.9 Å². The standard InChI is InChI=1S/C10H7O4P/c11-15(12)13-9-5-7-3-1-2-4-8(7)6-10(9)14-15/h1-6H,(H,11,12). The van der Waals surface area contributed by atoms with Crippen molar-refractivity contribution in [2.24, 2.45) is 0 Å². The third-order valence-corrected chi connectivity index (χ3v) is 3.09.